The van der Waals surface area contributed by atoms with Gasteiger partial charge in [-0.2, -0.15) is 15.2 Å². The summed E-state index contributed by atoms with van der Waals surface area (Å²) in [6.07, 6.45) is 6.31. The normalized spacial score (nSPS) is 20.3. The third-order valence-corrected chi connectivity index (χ3v) is 8.84. The lowest BCUT2D eigenvalue weighted by Gasteiger charge is -2.41. The lowest BCUT2D eigenvalue weighted by molar-refractivity contribution is -0.131. The SMILES string of the molecule is C=C(F)C(=O)N1CCN(c2nc(OC[C@@H]3CCCN3C)nc3c2=CCN(c2cccc4cccc(Cl)c24)C=3)C[C@@H]1CC#N. The number of likely N-dealkylation sites (tertiary alicyclic amines) is 1. The van der Waals surface area contributed by atoms with Gasteiger partial charge in [-0.25, -0.2) is 4.39 Å². The fourth-order valence-corrected chi connectivity index (χ4v) is 6.52. The van der Waals surface area contributed by atoms with Crippen LogP contribution >= 0.6 is 11.6 Å². The number of amides is 1. The molecule has 2 saturated heterocycles. The van der Waals surface area contributed by atoms with E-state index in [2.05, 4.69) is 35.6 Å². The van der Waals surface area contributed by atoms with Crippen molar-refractivity contribution in [3.05, 3.63) is 64.4 Å². The molecule has 2 atom stereocenters. The maximum Gasteiger partial charge on any atom is 0.319 e. The number of carbonyl (C=O) groups excluding carboxylic acids is 1. The molecule has 2 aromatic carbocycles. The number of ether oxygens (including phenoxy) is 1. The van der Waals surface area contributed by atoms with E-state index in [-0.39, 0.29) is 25.0 Å². The Morgan fingerprint density at radius 2 is 2.00 bits per heavy atom. The number of likely N-dealkylation sites (N-methyl/N-ethyl adjacent to an activating group) is 1. The van der Waals surface area contributed by atoms with Gasteiger partial charge in [0.2, 0.25) is 0 Å². The first-order valence-corrected chi connectivity index (χ1v) is 14.9. The Kier molecular flexibility index (Phi) is 8.19. The molecule has 1 amide bonds. The summed E-state index contributed by atoms with van der Waals surface area (Å²) in [4.78, 5) is 30.0. The van der Waals surface area contributed by atoms with Crippen molar-refractivity contribution in [3.63, 3.8) is 0 Å². The van der Waals surface area contributed by atoms with Crippen molar-refractivity contribution in [1.29, 1.82) is 5.26 Å². The lowest BCUT2D eigenvalue weighted by Crippen LogP contribution is -2.57. The molecule has 0 N–H and O–H groups in total. The van der Waals surface area contributed by atoms with Crippen LogP contribution in [0.2, 0.25) is 5.02 Å². The van der Waals surface area contributed by atoms with Gasteiger partial charge in [-0.3, -0.25) is 4.79 Å². The number of aromatic nitrogens is 2. The number of anilines is 2. The van der Waals surface area contributed by atoms with Gasteiger partial charge in [-0.1, -0.05) is 48.5 Å². The van der Waals surface area contributed by atoms with E-state index >= 15 is 0 Å². The van der Waals surface area contributed by atoms with Crippen LogP contribution in [0.25, 0.3) is 23.0 Å². The fourth-order valence-electron chi connectivity index (χ4n) is 6.24. The van der Waals surface area contributed by atoms with E-state index in [1.165, 1.54) is 4.90 Å². The first kappa shape index (κ1) is 28.9. The van der Waals surface area contributed by atoms with Crippen LogP contribution in [-0.4, -0.2) is 84.1 Å². The topological polar surface area (TPSA) is 88.8 Å². The van der Waals surface area contributed by atoms with Gasteiger partial charge in [0.05, 0.1) is 34.6 Å². The Balaban J connectivity index is 1.39. The molecule has 4 heterocycles. The molecule has 11 heteroatoms. The Bertz CT molecular complexity index is 1740. The predicted molar refractivity (Wildman–Crippen MR) is 166 cm³/mol. The van der Waals surface area contributed by atoms with E-state index in [0.717, 1.165) is 41.1 Å². The molecule has 0 unspecified atom stereocenters. The van der Waals surface area contributed by atoms with Crippen molar-refractivity contribution >= 4 is 52.1 Å². The van der Waals surface area contributed by atoms with Gasteiger partial charge in [0.15, 0.2) is 5.83 Å². The molecule has 6 rings (SSSR count). The minimum atomic E-state index is -1.03. The number of hydrogen-bond acceptors (Lipinski definition) is 8. The molecule has 222 valence electrons. The molecule has 0 radical (unpaired) electrons. The van der Waals surface area contributed by atoms with Crippen LogP contribution in [-0.2, 0) is 4.79 Å². The number of nitrogens with zero attached hydrogens (tertiary/aromatic N) is 7. The van der Waals surface area contributed by atoms with Crippen molar-refractivity contribution in [2.45, 2.75) is 31.3 Å². The van der Waals surface area contributed by atoms with Crippen LogP contribution in [0.4, 0.5) is 15.9 Å². The number of benzene rings is 2. The van der Waals surface area contributed by atoms with Crippen molar-refractivity contribution in [1.82, 2.24) is 19.8 Å². The van der Waals surface area contributed by atoms with Gasteiger partial charge in [-0.15, -0.1) is 0 Å². The first-order chi connectivity index (χ1) is 20.8. The summed E-state index contributed by atoms with van der Waals surface area (Å²) in [6, 6.07) is 14.2. The summed E-state index contributed by atoms with van der Waals surface area (Å²) in [5.74, 6) is -1.14. The summed E-state index contributed by atoms with van der Waals surface area (Å²) < 4.78 is 20.0. The number of nitriles is 1. The summed E-state index contributed by atoms with van der Waals surface area (Å²) in [7, 11) is 2.10. The van der Waals surface area contributed by atoms with Gasteiger partial charge >= 0.3 is 6.01 Å². The van der Waals surface area contributed by atoms with Crippen LogP contribution in [0.3, 0.4) is 0 Å². The zero-order chi connectivity index (χ0) is 30.1. The van der Waals surface area contributed by atoms with Crippen LogP contribution in [0, 0.1) is 11.3 Å². The monoisotopic (exact) mass is 601 g/mol. The van der Waals surface area contributed by atoms with E-state index in [1.54, 1.807) is 0 Å². The number of piperazine rings is 1. The molecule has 0 aliphatic carbocycles. The minimum absolute atomic E-state index is 0.0611. The Morgan fingerprint density at radius 3 is 2.74 bits per heavy atom. The highest BCUT2D eigenvalue weighted by atomic mass is 35.5. The maximum atomic E-state index is 13.8. The molecule has 3 aromatic rings. The number of hydrogen-bond donors (Lipinski definition) is 0. The van der Waals surface area contributed by atoms with Crippen molar-refractivity contribution in [2.75, 3.05) is 56.2 Å². The van der Waals surface area contributed by atoms with Gasteiger partial charge in [-0.05, 0) is 44.0 Å². The van der Waals surface area contributed by atoms with Gasteiger partial charge in [0.1, 0.15) is 12.4 Å². The van der Waals surface area contributed by atoms with E-state index in [0.29, 0.717) is 42.4 Å². The minimum Gasteiger partial charge on any atom is -0.462 e. The number of halogens is 2. The lowest BCUT2D eigenvalue weighted by atomic mass is 10.1. The molecule has 43 heavy (non-hydrogen) atoms. The molecule has 3 aliphatic heterocycles. The number of fused-ring (bicyclic) bond motifs is 2. The maximum absolute atomic E-state index is 13.8. The van der Waals surface area contributed by atoms with Crippen LogP contribution in [0.5, 0.6) is 6.01 Å². The van der Waals surface area contributed by atoms with Crippen LogP contribution in [0.15, 0.2) is 48.8 Å². The predicted octanol–water partition coefficient (Wildman–Crippen LogP) is 3.21. The zero-order valence-electron chi connectivity index (χ0n) is 24.0. The molecular weight excluding hydrogens is 569 g/mol. The molecule has 9 nitrogen and oxygen atoms in total. The van der Waals surface area contributed by atoms with E-state index in [1.807, 2.05) is 47.5 Å². The molecule has 0 saturated carbocycles. The summed E-state index contributed by atoms with van der Waals surface area (Å²) in [5, 5.41) is 13.7. The summed E-state index contributed by atoms with van der Waals surface area (Å²) >= 11 is 6.65. The summed E-state index contributed by atoms with van der Waals surface area (Å²) in [5.41, 5.74) is 0.966. The van der Waals surface area contributed by atoms with Crippen LogP contribution < -0.4 is 25.1 Å². The van der Waals surface area contributed by atoms with Crippen molar-refractivity contribution in [2.24, 2.45) is 0 Å². The molecule has 0 bridgehead atoms. The standard InChI is InChI=1S/C32H33ClFN7O2/c1-21(34)31(42)41-17-16-40(18-23(41)11-13-35)30-25-12-15-39(28-10-4-7-22-6-3-9-26(33)29(22)28)19-27(25)36-32(37-30)43-20-24-8-5-14-38(24)2/h3-4,6-7,9-10,12,19,23-24H,1,5,8,11,14-18,20H2,2H3/t23-,24-/m0/s1. The number of rotatable bonds is 7. The Hall–Kier alpha value is -4.20. The second kappa shape index (κ2) is 12.2. The van der Waals surface area contributed by atoms with Gasteiger partial charge in [0, 0.05) is 49.0 Å². The molecular formula is C32H33ClFN7O2. The van der Waals surface area contributed by atoms with Crippen molar-refractivity contribution in [3.8, 4) is 12.1 Å². The highest BCUT2D eigenvalue weighted by Crippen LogP contribution is 2.33. The quantitative estimate of drug-likeness (QED) is 0.382. The average molecular weight is 602 g/mol. The Labute approximate surface area is 254 Å². The van der Waals surface area contributed by atoms with E-state index in [4.69, 9.17) is 26.3 Å². The Morgan fingerprint density at radius 1 is 1.19 bits per heavy atom. The highest BCUT2D eigenvalue weighted by Gasteiger charge is 2.33. The van der Waals surface area contributed by atoms with E-state index < -0.39 is 17.8 Å². The van der Waals surface area contributed by atoms with Crippen LogP contribution in [0.1, 0.15) is 19.3 Å². The summed E-state index contributed by atoms with van der Waals surface area (Å²) in [6.45, 7) is 6.19. The molecule has 3 aliphatic rings. The fraction of sp³-hybridized carbons (Fsp3) is 0.375. The molecule has 0 spiro atoms. The van der Waals surface area contributed by atoms with Gasteiger partial charge in [0.25, 0.3) is 5.91 Å². The van der Waals surface area contributed by atoms with Gasteiger partial charge < -0.3 is 24.3 Å². The second-order valence-electron chi connectivity index (χ2n) is 11.2. The largest absolute Gasteiger partial charge is 0.462 e. The number of carbonyl (C=O) groups is 1. The molecule has 2 fully saturated rings. The first-order valence-electron chi connectivity index (χ1n) is 14.5. The third-order valence-electron chi connectivity index (χ3n) is 8.52. The van der Waals surface area contributed by atoms with E-state index in [9.17, 15) is 14.4 Å². The third kappa shape index (κ3) is 5.75. The zero-order valence-corrected chi connectivity index (χ0v) is 24.8. The molecule has 1 aromatic heterocycles. The van der Waals surface area contributed by atoms with Crippen molar-refractivity contribution < 1.29 is 13.9 Å². The highest BCUT2D eigenvalue weighted by molar-refractivity contribution is 6.36. The second-order valence-corrected chi connectivity index (χ2v) is 11.6. The smallest absolute Gasteiger partial charge is 0.319 e. The average Bonchev–Trinajstić information content (AvgIpc) is 3.43.